The number of halogens is 2. The standard InChI is InChI=1S/C9H4I2N4/c10-8-9(11)15(5-14-8)7-2-1-3-13-6(7)4-12/h1-3,5H. The van der Waals surface area contributed by atoms with E-state index < -0.39 is 0 Å². The molecule has 2 heterocycles. The van der Waals surface area contributed by atoms with Crippen LogP contribution in [0.1, 0.15) is 5.69 Å². The van der Waals surface area contributed by atoms with Crippen LogP contribution in [-0.4, -0.2) is 14.5 Å². The van der Waals surface area contributed by atoms with E-state index in [-0.39, 0.29) is 0 Å². The maximum atomic E-state index is 8.93. The first-order chi connectivity index (χ1) is 7.24. The Bertz CT molecular complexity index is 541. The first-order valence-corrected chi connectivity index (χ1v) is 6.13. The predicted octanol–water partition coefficient (Wildman–Crippen LogP) is 2.35. The van der Waals surface area contributed by atoms with Crippen LogP contribution in [0.25, 0.3) is 5.69 Å². The number of nitriles is 1. The van der Waals surface area contributed by atoms with Gasteiger partial charge in [0.05, 0.1) is 5.69 Å². The van der Waals surface area contributed by atoms with Gasteiger partial charge in [-0.1, -0.05) is 0 Å². The van der Waals surface area contributed by atoms with Gasteiger partial charge in [0.15, 0.2) is 5.69 Å². The molecule has 74 valence electrons. The van der Waals surface area contributed by atoms with Gasteiger partial charge < -0.3 is 0 Å². The van der Waals surface area contributed by atoms with Gasteiger partial charge in [-0.3, -0.25) is 4.57 Å². The van der Waals surface area contributed by atoms with Crippen molar-refractivity contribution in [2.75, 3.05) is 0 Å². The lowest BCUT2D eigenvalue weighted by Crippen LogP contribution is -2.00. The molecule has 0 fully saturated rings. The van der Waals surface area contributed by atoms with E-state index in [1.165, 1.54) is 0 Å². The Balaban J connectivity index is 2.65. The second-order valence-electron chi connectivity index (χ2n) is 2.68. The van der Waals surface area contributed by atoms with Crippen molar-refractivity contribution in [3.8, 4) is 11.8 Å². The van der Waals surface area contributed by atoms with E-state index in [4.69, 9.17) is 5.26 Å². The molecule has 0 aliphatic heterocycles. The summed E-state index contributed by atoms with van der Waals surface area (Å²) < 4.78 is 3.76. The molecule has 0 N–H and O–H groups in total. The number of nitrogens with zero attached hydrogens (tertiary/aromatic N) is 4. The second-order valence-corrected chi connectivity index (χ2v) is 4.72. The molecule has 0 saturated heterocycles. The SMILES string of the molecule is N#Cc1ncccc1-n1cnc(I)c1I. The number of pyridine rings is 1. The van der Waals surface area contributed by atoms with Crippen LogP contribution in [0.15, 0.2) is 24.7 Å². The lowest BCUT2D eigenvalue weighted by Gasteiger charge is -2.04. The van der Waals surface area contributed by atoms with E-state index in [2.05, 4.69) is 61.2 Å². The monoisotopic (exact) mass is 422 g/mol. The van der Waals surface area contributed by atoms with Gasteiger partial charge in [-0.05, 0) is 57.3 Å². The van der Waals surface area contributed by atoms with Crippen LogP contribution in [0, 0.1) is 18.7 Å². The number of rotatable bonds is 1. The summed E-state index contributed by atoms with van der Waals surface area (Å²) in [5.41, 5.74) is 1.17. The van der Waals surface area contributed by atoms with E-state index in [0.717, 1.165) is 13.1 Å². The second kappa shape index (κ2) is 4.44. The van der Waals surface area contributed by atoms with Gasteiger partial charge in [0.2, 0.25) is 0 Å². The average molecular weight is 422 g/mol. The van der Waals surface area contributed by atoms with Crippen LogP contribution in [0.4, 0.5) is 0 Å². The van der Waals surface area contributed by atoms with Crippen molar-refractivity contribution >= 4 is 45.2 Å². The van der Waals surface area contributed by atoms with Crippen LogP contribution < -0.4 is 0 Å². The van der Waals surface area contributed by atoms with E-state index in [9.17, 15) is 0 Å². The van der Waals surface area contributed by atoms with Crippen molar-refractivity contribution in [2.24, 2.45) is 0 Å². The molecule has 0 saturated carbocycles. The summed E-state index contributed by atoms with van der Waals surface area (Å²) in [5, 5.41) is 8.93. The van der Waals surface area contributed by atoms with Gasteiger partial charge in [-0.25, -0.2) is 9.97 Å². The molecule has 0 atom stereocenters. The highest BCUT2D eigenvalue weighted by atomic mass is 127. The normalized spacial score (nSPS) is 9.93. The fourth-order valence-corrected chi connectivity index (χ4v) is 2.07. The van der Waals surface area contributed by atoms with Crippen molar-refractivity contribution in [3.63, 3.8) is 0 Å². The third-order valence-corrected chi connectivity index (χ3v) is 4.67. The maximum Gasteiger partial charge on any atom is 0.164 e. The van der Waals surface area contributed by atoms with Gasteiger partial charge in [-0.15, -0.1) is 0 Å². The van der Waals surface area contributed by atoms with Crippen LogP contribution in [0.3, 0.4) is 0 Å². The molecule has 0 bridgehead atoms. The fraction of sp³-hybridized carbons (Fsp3) is 0. The minimum atomic E-state index is 0.407. The molecule has 15 heavy (non-hydrogen) atoms. The number of hydrogen-bond acceptors (Lipinski definition) is 3. The van der Waals surface area contributed by atoms with Crippen molar-refractivity contribution < 1.29 is 0 Å². The summed E-state index contributed by atoms with van der Waals surface area (Å²) in [6, 6.07) is 5.72. The van der Waals surface area contributed by atoms with Gasteiger partial charge in [0, 0.05) is 6.20 Å². The van der Waals surface area contributed by atoms with Crippen molar-refractivity contribution in [3.05, 3.63) is 37.8 Å². The molecule has 2 rings (SSSR count). The predicted molar refractivity (Wildman–Crippen MR) is 71.5 cm³/mol. The van der Waals surface area contributed by atoms with Crippen LogP contribution in [0.5, 0.6) is 0 Å². The fourth-order valence-electron chi connectivity index (χ4n) is 1.16. The number of hydrogen-bond donors (Lipinski definition) is 0. The Hall–Kier alpha value is -0.690. The molecule has 2 aromatic rings. The van der Waals surface area contributed by atoms with Gasteiger partial charge in [-0.2, -0.15) is 5.26 Å². The lowest BCUT2D eigenvalue weighted by molar-refractivity contribution is 1.00. The summed E-state index contributed by atoms with van der Waals surface area (Å²) in [6.07, 6.45) is 3.30. The van der Waals surface area contributed by atoms with Crippen LogP contribution >= 0.6 is 45.2 Å². The average Bonchev–Trinajstić information content (AvgIpc) is 2.60. The smallest absolute Gasteiger partial charge is 0.164 e. The third-order valence-electron chi connectivity index (χ3n) is 1.82. The zero-order valence-electron chi connectivity index (χ0n) is 7.35. The van der Waals surface area contributed by atoms with Crippen molar-refractivity contribution in [1.29, 1.82) is 5.26 Å². The highest BCUT2D eigenvalue weighted by molar-refractivity contribution is 14.1. The zero-order chi connectivity index (χ0) is 10.8. The highest BCUT2D eigenvalue weighted by Gasteiger charge is 2.10. The molecule has 0 amide bonds. The van der Waals surface area contributed by atoms with E-state index in [1.807, 2.05) is 10.6 Å². The first-order valence-electron chi connectivity index (χ1n) is 3.98. The quantitative estimate of drug-likeness (QED) is 0.664. The topological polar surface area (TPSA) is 54.5 Å². The summed E-state index contributed by atoms with van der Waals surface area (Å²) in [6.45, 7) is 0. The number of aromatic nitrogens is 3. The van der Waals surface area contributed by atoms with Crippen LogP contribution in [0.2, 0.25) is 0 Å². The molecule has 0 spiro atoms. The minimum absolute atomic E-state index is 0.407. The molecule has 0 aromatic carbocycles. The summed E-state index contributed by atoms with van der Waals surface area (Å²) in [7, 11) is 0. The molecule has 6 heteroatoms. The Labute approximate surface area is 114 Å². The van der Waals surface area contributed by atoms with Gasteiger partial charge >= 0.3 is 0 Å². The van der Waals surface area contributed by atoms with E-state index in [0.29, 0.717) is 5.69 Å². The Morgan fingerprint density at radius 1 is 1.33 bits per heavy atom. The number of imidazole rings is 1. The highest BCUT2D eigenvalue weighted by Crippen LogP contribution is 2.19. The van der Waals surface area contributed by atoms with Gasteiger partial charge in [0.1, 0.15) is 19.8 Å². The molecule has 0 unspecified atom stereocenters. The maximum absolute atomic E-state index is 8.93. The molecule has 4 nitrogen and oxygen atoms in total. The summed E-state index contributed by atoms with van der Waals surface area (Å²) >= 11 is 4.35. The summed E-state index contributed by atoms with van der Waals surface area (Å²) in [4.78, 5) is 8.18. The van der Waals surface area contributed by atoms with Crippen LogP contribution in [-0.2, 0) is 0 Å². The summed E-state index contributed by atoms with van der Waals surface area (Å²) in [5.74, 6) is 0. The Morgan fingerprint density at radius 3 is 2.73 bits per heavy atom. The molecule has 2 aromatic heterocycles. The molecule has 0 radical (unpaired) electrons. The van der Waals surface area contributed by atoms with Crippen molar-refractivity contribution in [1.82, 2.24) is 14.5 Å². The Kier molecular flexibility index (Phi) is 3.20. The third kappa shape index (κ3) is 1.98. The zero-order valence-corrected chi connectivity index (χ0v) is 11.7. The lowest BCUT2D eigenvalue weighted by atomic mass is 10.3. The van der Waals surface area contributed by atoms with E-state index in [1.54, 1.807) is 18.6 Å². The molecule has 0 aliphatic carbocycles. The first kappa shape index (κ1) is 10.8. The minimum Gasteiger partial charge on any atom is -0.290 e. The molecular weight excluding hydrogens is 418 g/mol. The van der Waals surface area contributed by atoms with Gasteiger partial charge in [0.25, 0.3) is 0 Å². The Morgan fingerprint density at radius 2 is 2.13 bits per heavy atom. The van der Waals surface area contributed by atoms with E-state index >= 15 is 0 Å². The largest absolute Gasteiger partial charge is 0.290 e. The molecular formula is C9H4I2N4. The molecule has 0 aliphatic rings. The van der Waals surface area contributed by atoms with Crippen molar-refractivity contribution in [2.45, 2.75) is 0 Å².